The summed E-state index contributed by atoms with van der Waals surface area (Å²) in [6.45, 7) is 17.2. The highest BCUT2D eigenvalue weighted by molar-refractivity contribution is 5.94. The molecule has 3 heteroatoms. The quantitative estimate of drug-likeness (QED) is 0.794. The van der Waals surface area contributed by atoms with E-state index >= 15 is 0 Å². The van der Waals surface area contributed by atoms with Crippen LogP contribution in [-0.2, 0) is 4.79 Å². The highest BCUT2D eigenvalue weighted by Gasteiger charge is 2.14. The predicted octanol–water partition coefficient (Wildman–Crippen LogP) is 4.21. The van der Waals surface area contributed by atoms with Crippen molar-refractivity contribution in [1.82, 2.24) is 4.98 Å². The van der Waals surface area contributed by atoms with Crippen molar-refractivity contribution in [3.8, 4) is 0 Å². The van der Waals surface area contributed by atoms with Crippen molar-refractivity contribution < 1.29 is 4.79 Å². The summed E-state index contributed by atoms with van der Waals surface area (Å²) in [6.07, 6.45) is 5.30. The van der Waals surface area contributed by atoms with Gasteiger partial charge in [-0.1, -0.05) is 37.5 Å². The van der Waals surface area contributed by atoms with E-state index in [4.69, 9.17) is 0 Å². The zero-order valence-electron chi connectivity index (χ0n) is 12.9. The normalized spacial score (nSPS) is 12.0. The average molecular weight is 282 g/mol. The zero-order chi connectivity index (χ0) is 16.0. The summed E-state index contributed by atoms with van der Waals surface area (Å²) in [7, 11) is 0. The number of nitrogens with zero attached hydrogens (tertiary/aromatic N) is 1. The van der Waals surface area contributed by atoms with Gasteiger partial charge in [-0.15, -0.1) is 0 Å². The van der Waals surface area contributed by atoms with Gasteiger partial charge in [0.15, 0.2) is 0 Å². The number of allylic oxidation sites excluding steroid dienone is 4. The van der Waals surface area contributed by atoms with Crippen molar-refractivity contribution in [3.05, 3.63) is 72.6 Å². The fraction of sp³-hybridized carbons (Fsp3) is 0.222. The molecule has 21 heavy (non-hydrogen) atoms. The van der Waals surface area contributed by atoms with E-state index in [1.807, 2.05) is 32.9 Å². The number of pyridine rings is 1. The molecule has 0 spiro atoms. The van der Waals surface area contributed by atoms with Crippen molar-refractivity contribution in [2.75, 3.05) is 5.32 Å². The summed E-state index contributed by atoms with van der Waals surface area (Å²) in [5.41, 5.74) is 4.04. The Kier molecular flexibility index (Phi) is 5.85. The van der Waals surface area contributed by atoms with Gasteiger partial charge in [0, 0.05) is 17.6 Å². The standard InChI is InChI=1S/C18H22N2O/c1-12(2)13(3)7-8-14(4)16(6)18(21)20-17-9-10-19-15(5)11-17/h7-11,16H,1,3-4H2,2,5-6H3,(H,19,20,21)/b8-7-. The Hall–Kier alpha value is -2.42. The predicted molar refractivity (Wildman–Crippen MR) is 89.0 cm³/mol. The summed E-state index contributed by atoms with van der Waals surface area (Å²) in [5.74, 6) is -0.427. The minimum absolute atomic E-state index is 0.101. The molecule has 0 saturated heterocycles. The third-order valence-corrected chi connectivity index (χ3v) is 3.16. The first-order valence-corrected chi connectivity index (χ1v) is 6.76. The Morgan fingerprint density at radius 2 is 2.00 bits per heavy atom. The highest BCUT2D eigenvalue weighted by atomic mass is 16.1. The van der Waals surface area contributed by atoms with Crippen LogP contribution in [0, 0.1) is 12.8 Å². The van der Waals surface area contributed by atoms with Crippen LogP contribution in [0.2, 0.25) is 0 Å². The molecule has 0 aliphatic carbocycles. The number of nitrogens with one attached hydrogen (secondary N) is 1. The fourth-order valence-electron chi connectivity index (χ4n) is 1.54. The Balaban J connectivity index is 2.68. The molecule has 1 atom stereocenters. The van der Waals surface area contributed by atoms with Crippen LogP contribution in [0.5, 0.6) is 0 Å². The minimum atomic E-state index is -0.326. The van der Waals surface area contributed by atoms with E-state index in [0.717, 1.165) is 28.1 Å². The minimum Gasteiger partial charge on any atom is -0.325 e. The molecule has 0 bridgehead atoms. The Morgan fingerprint density at radius 1 is 1.33 bits per heavy atom. The third-order valence-electron chi connectivity index (χ3n) is 3.16. The molecule has 1 rings (SSSR count). The molecule has 110 valence electrons. The number of amides is 1. The largest absolute Gasteiger partial charge is 0.325 e. The average Bonchev–Trinajstić information content (AvgIpc) is 2.43. The summed E-state index contributed by atoms with van der Waals surface area (Å²) in [5, 5.41) is 2.86. The van der Waals surface area contributed by atoms with Gasteiger partial charge in [0.2, 0.25) is 5.91 Å². The number of anilines is 1. The molecule has 0 aliphatic rings. The molecule has 1 unspecified atom stereocenters. The summed E-state index contributed by atoms with van der Waals surface area (Å²) < 4.78 is 0. The number of hydrogen-bond donors (Lipinski definition) is 1. The van der Waals surface area contributed by atoms with E-state index < -0.39 is 0 Å². The number of aromatic nitrogens is 1. The van der Waals surface area contributed by atoms with Crippen LogP contribution in [0.4, 0.5) is 5.69 Å². The van der Waals surface area contributed by atoms with Gasteiger partial charge >= 0.3 is 0 Å². The van der Waals surface area contributed by atoms with Gasteiger partial charge in [-0.05, 0) is 44.1 Å². The lowest BCUT2D eigenvalue weighted by Crippen LogP contribution is -2.21. The first-order valence-electron chi connectivity index (χ1n) is 6.76. The number of aryl methyl sites for hydroxylation is 1. The lowest BCUT2D eigenvalue weighted by Gasteiger charge is -2.13. The van der Waals surface area contributed by atoms with Crippen molar-refractivity contribution in [3.63, 3.8) is 0 Å². The molecule has 1 N–H and O–H groups in total. The Morgan fingerprint density at radius 3 is 2.57 bits per heavy atom. The molecule has 0 aromatic carbocycles. The van der Waals surface area contributed by atoms with E-state index in [1.54, 1.807) is 18.3 Å². The molecule has 0 aliphatic heterocycles. The molecular formula is C18H22N2O. The molecule has 0 radical (unpaired) electrons. The van der Waals surface area contributed by atoms with Gasteiger partial charge in [0.25, 0.3) is 0 Å². The number of hydrogen-bond acceptors (Lipinski definition) is 2. The van der Waals surface area contributed by atoms with Crippen LogP contribution in [0.1, 0.15) is 19.5 Å². The van der Waals surface area contributed by atoms with E-state index in [-0.39, 0.29) is 11.8 Å². The van der Waals surface area contributed by atoms with Gasteiger partial charge in [-0.3, -0.25) is 9.78 Å². The van der Waals surface area contributed by atoms with Crippen LogP contribution in [0.3, 0.4) is 0 Å². The maximum atomic E-state index is 12.2. The summed E-state index contributed by atoms with van der Waals surface area (Å²) in [4.78, 5) is 16.3. The van der Waals surface area contributed by atoms with Crippen LogP contribution in [0.25, 0.3) is 0 Å². The second-order valence-electron chi connectivity index (χ2n) is 5.11. The highest BCUT2D eigenvalue weighted by Crippen LogP contribution is 2.16. The van der Waals surface area contributed by atoms with Crippen molar-refractivity contribution in [2.24, 2.45) is 5.92 Å². The van der Waals surface area contributed by atoms with E-state index in [1.165, 1.54) is 0 Å². The molecule has 1 aromatic heterocycles. The lowest BCUT2D eigenvalue weighted by atomic mass is 10.00. The second kappa shape index (κ2) is 7.39. The summed E-state index contributed by atoms with van der Waals surface area (Å²) in [6, 6.07) is 3.59. The first-order chi connectivity index (χ1) is 9.81. The monoisotopic (exact) mass is 282 g/mol. The first kappa shape index (κ1) is 16.6. The van der Waals surface area contributed by atoms with Crippen molar-refractivity contribution in [2.45, 2.75) is 20.8 Å². The smallest absolute Gasteiger partial charge is 0.231 e. The van der Waals surface area contributed by atoms with Crippen LogP contribution in [-0.4, -0.2) is 10.9 Å². The molecule has 1 aromatic rings. The molecule has 0 saturated carbocycles. The van der Waals surface area contributed by atoms with E-state index in [0.29, 0.717) is 0 Å². The van der Waals surface area contributed by atoms with Crippen LogP contribution in [0.15, 0.2) is 66.9 Å². The number of rotatable bonds is 6. The van der Waals surface area contributed by atoms with E-state index in [9.17, 15) is 4.79 Å². The zero-order valence-corrected chi connectivity index (χ0v) is 12.9. The van der Waals surface area contributed by atoms with Gasteiger partial charge in [0.1, 0.15) is 0 Å². The Labute approximate surface area is 126 Å². The van der Waals surface area contributed by atoms with Gasteiger partial charge < -0.3 is 5.32 Å². The fourth-order valence-corrected chi connectivity index (χ4v) is 1.54. The van der Waals surface area contributed by atoms with Crippen LogP contribution >= 0.6 is 0 Å². The van der Waals surface area contributed by atoms with Gasteiger partial charge in [-0.2, -0.15) is 0 Å². The SMILES string of the molecule is C=C(C)C(=C)/C=C\C(=C)C(C)C(=O)Nc1ccnc(C)c1. The lowest BCUT2D eigenvalue weighted by molar-refractivity contribution is -0.118. The van der Waals surface area contributed by atoms with Gasteiger partial charge in [0.05, 0.1) is 5.92 Å². The van der Waals surface area contributed by atoms with Crippen molar-refractivity contribution in [1.29, 1.82) is 0 Å². The van der Waals surface area contributed by atoms with Gasteiger partial charge in [-0.25, -0.2) is 0 Å². The maximum absolute atomic E-state index is 12.2. The Bertz CT molecular complexity index is 611. The maximum Gasteiger partial charge on any atom is 0.231 e. The number of carbonyl (C=O) groups excluding carboxylic acids is 1. The molecular weight excluding hydrogens is 260 g/mol. The topological polar surface area (TPSA) is 42.0 Å². The summed E-state index contributed by atoms with van der Waals surface area (Å²) >= 11 is 0. The second-order valence-corrected chi connectivity index (χ2v) is 5.11. The van der Waals surface area contributed by atoms with E-state index in [2.05, 4.69) is 30.0 Å². The van der Waals surface area contributed by atoms with Crippen LogP contribution < -0.4 is 5.32 Å². The molecule has 0 fully saturated rings. The molecule has 1 heterocycles. The number of carbonyl (C=O) groups is 1. The van der Waals surface area contributed by atoms with Crippen molar-refractivity contribution >= 4 is 11.6 Å². The third kappa shape index (κ3) is 5.22. The molecule has 1 amide bonds. The molecule has 3 nitrogen and oxygen atoms in total.